The maximum Gasteiger partial charge on any atom is 0.373 e. The smallest absolute Gasteiger partial charge is 0.373 e. The lowest BCUT2D eigenvalue weighted by Gasteiger charge is -2.08. The minimum absolute atomic E-state index is 0.173. The first-order valence-electron chi connectivity index (χ1n) is 6.04. The molecule has 0 aliphatic heterocycles. The van der Waals surface area contributed by atoms with E-state index in [1.54, 1.807) is 13.8 Å². The molecule has 108 valence electrons. The van der Waals surface area contributed by atoms with Crippen molar-refractivity contribution in [3.05, 3.63) is 22.8 Å². The fourth-order valence-electron chi connectivity index (χ4n) is 1.04. The Morgan fingerprint density at radius 2 is 1.63 bits per heavy atom. The highest BCUT2D eigenvalue weighted by Crippen LogP contribution is 2.22. The maximum absolute atomic E-state index is 11.6. The van der Waals surface area contributed by atoms with Gasteiger partial charge in [0, 0.05) is 5.25 Å². The number of allylic oxidation sites excluding steroid dienone is 2. The number of rotatable bonds is 7. The standard InChI is InChI=1S/C13H20O5S/c1-5-17-12(15)10(14)7-8-11(19-9(3)4)13(16)18-6-2/h7-9,14H,5-6H2,1-4H3/b10-7-,11-8-. The Morgan fingerprint density at radius 3 is 2.11 bits per heavy atom. The van der Waals surface area contributed by atoms with Crippen LogP contribution in [0, 0.1) is 0 Å². The van der Waals surface area contributed by atoms with Crippen LogP contribution in [-0.4, -0.2) is 35.5 Å². The maximum atomic E-state index is 11.6. The molecular weight excluding hydrogens is 268 g/mol. The Hall–Kier alpha value is -1.43. The van der Waals surface area contributed by atoms with Crippen LogP contribution in [-0.2, 0) is 19.1 Å². The van der Waals surface area contributed by atoms with Gasteiger partial charge in [-0.05, 0) is 26.0 Å². The zero-order valence-electron chi connectivity index (χ0n) is 11.6. The zero-order valence-corrected chi connectivity index (χ0v) is 12.5. The molecule has 0 radical (unpaired) electrons. The van der Waals surface area contributed by atoms with Crippen molar-refractivity contribution in [2.24, 2.45) is 0 Å². The van der Waals surface area contributed by atoms with Gasteiger partial charge in [0.05, 0.1) is 18.1 Å². The fraction of sp³-hybridized carbons (Fsp3) is 0.538. The molecule has 0 aromatic heterocycles. The van der Waals surface area contributed by atoms with Gasteiger partial charge in [-0.25, -0.2) is 9.59 Å². The summed E-state index contributed by atoms with van der Waals surface area (Å²) in [6.45, 7) is 7.63. The number of thioether (sulfide) groups is 1. The summed E-state index contributed by atoms with van der Waals surface area (Å²) < 4.78 is 9.51. The van der Waals surface area contributed by atoms with E-state index in [9.17, 15) is 14.7 Å². The molecule has 19 heavy (non-hydrogen) atoms. The summed E-state index contributed by atoms with van der Waals surface area (Å²) in [4.78, 5) is 23.2. The van der Waals surface area contributed by atoms with Gasteiger partial charge in [0.25, 0.3) is 0 Å². The Kier molecular flexibility index (Phi) is 8.78. The van der Waals surface area contributed by atoms with Crippen LogP contribution >= 0.6 is 11.8 Å². The van der Waals surface area contributed by atoms with E-state index in [1.807, 2.05) is 13.8 Å². The summed E-state index contributed by atoms with van der Waals surface area (Å²) in [6, 6.07) is 0. The van der Waals surface area contributed by atoms with Crippen molar-refractivity contribution >= 4 is 23.7 Å². The second-order valence-electron chi connectivity index (χ2n) is 3.69. The van der Waals surface area contributed by atoms with Gasteiger partial charge in [0.2, 0.25) is 5.76 Å². The SMILES string of the molecule is CCOC(=O)/C(O)=C/C=C(\SC(C)C)C(=O)OCC. The third kappa shape index (κ3) is 7.56. The monoisotopic (exact) mass is 288 g/mol. The highest BCUT2D eigenvalue weighted by atomic mass is 32.2. The molecule has 0 aliphatic rings. The zero-order chi connectivity index (χ0) is 14.8. The van der Waals surface area contributed by atoms with Crippen molar-refractivity contribution in [3.8, 4) is 0 Å². The number of aliphatic hydroxyl groups is 1. The summed E-state index contributed by atoms with van der Waals surface area (Å²) in [5.41, 5.74) is 0. The van der Waals surface area contributed by atoms with Crippen molar-refractivity contribution in [2.75, 3.05) is 13.2 Å². The number of hydrogen-bond donors (Lipinski definition) is 1. The molecule has 0 aromatic carbocycles. The molecule has 0 unspecified atom stereocenters. The predicted molar refractivity (Wildman–Crippen MR) is 74.8 cm³/mol. The molecule has 0 bridgehead atoms. The fourth-order valence-corrected chi connectivity index (χ4v) is 1.85. The molecule has 0 rings (SSSR count). The molecule has 0 aliphatic carbocycles. The Balaban J connectivity index is 4.93. The third-order valence-electron chi connectivity index (χ3n) is 1.72. The van der Waals surface area contributed by atoms with Gasteiger partial charge < -0.3 is 14.6 Å². The molecule has 0 fully saturated rings. The first kappa shape index (κ1) is 17.6. The lowest BCUT2D eigenvalue weighted by molar-refractivity contribution is -0.141. The van der Waals surface area contributed by atoms with Crippen molar-refractivity contribution in [1.82, 2.24) is 0 Å². The second kappa shape index (κ2) is 9.49. The molecule has 0 aromatic rings. The number of aliphatic hydroxyl groups excluding tert-OH is 1. The number of esters is 2. The molecule has 0 spiro atoms. The molecule has 1 N–H and O–H groups in total. The Morgan fingerprint density at radius 1 is 1.11 bits per heavy atom. The highest BCUT2D eigenvalue weighted by Gasteiger charge is 2.13. The van der Waals surface area contributed by atoms with Crippen LogP contribution in [0.3, 0.4) is 0 Å². The van der Waals surface area contributed by atoms with Crippen LogP contribution in [0.4, 0.5) is 0 Å². The van der Waals surface area contributed by atoms with Crippen molar-refractivity contribution in [1.29, 1.82) is 0 Å². The second-order valence-corrected chi connectivity index (χ2v) is 5.31. The van der Waals surface area contributed by atoms with Crippen LogP contribution in [0.25, 0.3) is 0 Å². The van der Waals surface area contributed by atoms with Crippen molar-refractivity contribution in [3.63, 3.8) is 0 Å². The van der Waals surface area contributed by atoms with Crippen LogP contribution < -0.4 is 0 Å². The van der Waals surface area contributed by atoms with Crippen LogP contribution in [0.15, 0.2) is 22.8 Å². The van der Waals surface area contributed by atoms with Gasteiger partial charge in [0.1, 0.15) is 0 Å². The van der Waals surface area contributed by atoms with Gasteiger partial charge in [0.15, 0.2) is 0 Å². The largest absolute Gasteiger partial charge is 0.502 e. The van der Waals surface area contributed by atoms with Gasteiger partial charge in [-0.2, -0.15) is 0 Å². The minimum Gasteiger partial charge on any atom is -0.502 e. The first-order chi connectivity index (χ1) is 8.92. The number of carbonyl (C=O) groups excluding carboxylic acids is 2. The Labute approximate surface area is 117 Å². The lowest BCUT2D eigenvalue weighted by Crippen LogP contribution is -2.08. The minimum atomic E-state index is -0.823. The van der Waals surface area contributed by atoms with Gasteiger partial charge >= 0.3 is 11.9 Å². The van der Waals surface area contributed by atoms with Gasteiger partial charge in [-0.15, -0.1) is 11.8 Å². The molecule has 0 amide bonds. The van der Waals surface area contributed by atoms with E-state index in [4.69, 9.17) is 4.74 Å². The van der Waals surface area contributed by atoms with E-state index in [0.717, 1.165) is 6.08 Å². The van der Waals surface area contributed by atoms with Crippen LogP contribution in [0.5, 0.6) is 0 Å². The molecule has 6 heteroatoms. The number of hydrogen-bond acceptors (Lipinski definition) is 6. The van der Waals surface area contributed by atoms with Crippen molar-refractivity contribution < 1.29 is 24.2 Å². The summed E-state index contributed by atoms with van der Waals surface area (Å²) in [6.07, 6.45) is 2.49. The predicted octanol–water partition coefficient (Wildman–Crippen LogP) is 2.58. The Bertz CT molecular complexity index is 371. The summed E-state index contributed by atoms with van der Waals surface area (Å²) in [7, 11) is 0. The summed E-state index contributed by atoms with van der Waals surface area (Å²) >= 11 is 1.29. The van der Waals surface area contributed by atoms with Gasteiger partial charge in [-0.1, -0.05) is 13.8 Å². The molecule has 0 heterocycles. The quantitative estimate of drug-likeness (QED) is 0.336. The molecule has 0 saturated carbocycles. The third-order valence-corrected chi connectivity index (χ3v) is 2.74. The normalized spacial score (nSPS) is 12.5. The average molecular weight is 288 g/mol. The molecule has 5 nitrogen and oxygen atoms in total. The van der Waals surface area contributed by atoms with E-state index in [0.29, 0.717) is 4.91 Å². The molecule has 0 saturated heterocycles. The van der Waals surface area contributed by atoms with E-state index in [-0.39, 0.29) is 18.5 Å². The average Bonchev–Trinajstić information content (AvgIpc) is 2.34. The summed E-state index contributed by atoms with van der Waals surface area (Å²) in [5, 5.41) is 9.60. The van der Waals surface area contributed by atoms with E-state index in [1.165, 1.54) is 17.8 Å². The topological polar surface area (TPSA) is 72.8 Å². The number of ether oxygens (including phenoxy) is 2. The van der Waals surface area contributed by atoms with Crippen molar-refractivity contribution in [2.45, 2.75) is 32.9 Å². The van der Waals surface area contributed by atoms with Gasteiger partial charge in [-0.3, -0.25) is 0 Å². The van der Waals surface area contributed by atoms with E-state index < -0.39 is 17.7 Å². The number of carbonyl (C=O) groups is 2. The lowest BCUT2D eigenvalue weighted by atomic mass is 10.4. The summed E-state index contributed by atoms with van der Waals surface area (Å²) in [5.74, 6) is -1.85. The van der Waals surface area contributed by atoms with E-state index >= 15 is 0 Å². The van der Waals surface area contributed by atoms with Crippen LogP contribution in [0.1, 0.15) is 27.7 Å². The van der Waals surface area contributed by atoms with Crippen LogP contribution in [0.2, 0.25) is 0 Å². The highest BCUT2D eigenvalue weighted by molar-refractivity contribution is 8.04. The van der Waals surface area contributed by atoms with E-state index in [2.05, 4.69) is 4.74 Å². The molecular formula is C13H20O5S. The molecule has 0 atom stereocenters. The first-order valence-corrected chi connectivity index (χ1v) is 6.92.